The summed E-state index contributed by atoms with van der Waals surface area (Å²) in [6.45, 7) is 0. The second kappa shape index (κ2) is 6.00. The third-order valence-corrected chi connectivity index (χ3v) is 3.88. The van der Waals surface area contributed by atoms with Gasteiger partial charge in [0.15, 0.2) is 0 Å². The van der Waals surface area contributed by atoms with Crippen molar-refractivity contribution in [2.45, 2.75) is 19.3 Å². The predicted molar refractivity (Wildman–Crippen MR) is 87.3 cm³/mol. The molecule has 0 heterocycles. The lowest BCUT2D eigenvalue weighted by Gasteiger charge is -2.21. The summed E-state index contributed by atoms with van der Waals surface area (Å²) in [5.74, 6) is 0.923. The molecule has 3 rings (SSSR count). The molecule has 0 saturated heterocycles. The fourth-order valence-electron chi connectivity index (χ4n) is 2.75. The van der Waals surface area contributed by atoms with Gasteiger partial charge in [0.1, 0.15) is 5.75 Å². The van der Waals surface area contributed by atoms with Crippen LogP contribution in [-0.4, -0.2) is 19.9 Å². The van der Waals surface area contributed by atoms with E-state index in [9.17, 15) is 0 Å². The van der Waals surface area contributed by atoms with E-state index in [4.69, 9.17) is 9.84 Å². The Hall–Kier alpha value is -2.29. The lowest BCUT2D eigenvalue weighted by molar-refractivity contribution is 0.414. The number of hydrogen-bond donors (Lipinski definition) is 0. The largest absolute Gasteiger partial charge is 0.497 e. The highest BCUT2D eigenvalue weighted by Gasteiger charge is 2.17. The molecule has 0 aliphatic heterocycles. The maximum absolute atomic E-state index is 5.32. The van der Waals surface area contributed by atoms with Crippen LogP contribution in [0.1, 0.15) is 24.0 Å². The number of methoxy groups -OCH3 is 1. The van der Waals surface area contributed by atoms with E-state index in [1.54, 1.807) is 7.11 Å². The molecule has 0 spiro atoms. The molecule has 0 bridgehead atoms. The van der Waals surface area contributed by atoms with Gasteiger partial charge in [-0.05, 0) is 55.2 Å². The number of rotatable bonds is 3. The van der Waals surface area contributed by atoms with Gasteiger partial charge in [-0.3, -0.25) is 5.01 Å². The van der Waals surface area contributed by atoms with Gasteiger partial charge < -0.3 is 4.74 Å². The zero-order chi connectivity index (χ0) is 14.7. The van der Waals surface area contributed by atoms with Crippen molar-refractivity contribution in [2.24, 2.45) is 5.10 Å². The van der Waals surface area contributed by atoms with Gasteiger partial charge in [-0.15, -0.1) is 0 Å². The van der Waals surface area contributed by atoms with Crippen LogP contribution in [0.25, 0.3) is 0 Å². The Bertz CT molecular complexity index is 650. The van der Waals surface area contributed by atoms with Crippen molar-refractivity contribution in [2.75, 3.05) is 19.2 Å². The molecule has 0 radical (unpaired) electrons. The minimum absolute atomic E-state index is 0.923. The van der Waals surface area contributed by atoms with Crippen molar-refractivity contribution in [1.82, 2.24) is 0 Å². The zero-order valence-corrected chi connectivity index (χ0v) is 12.5. The SMILES string of the molecule is COc1ccc2c(c1)CCCC2=NN(C)c1ccccc1. The van der Waals surface area contributed by atoms with Crippen molar-refractivity contribution in [3.8, 4) is 5.75 Å². The van der Waals surface area contributed by atoms with Crippen molar-refractivity contribution in [3.63, 3.8) is 0 Å². The molecular formula is C18H20N2O. The first-order chi connectivity index (χ1) is 10.3. The van der Waals surface area contributed by atoms with Crippen molar-refractivity contribution < 1.29 is 4.74 Å². The molecule has 1 aliphatic rings. The Morgan fingerprint density at radius 3 is 2.62 bits per heavy atom. The number of hydrogen-bond acceptors (Lipinski definition) is 3. The molecule has 1 aliphatic carbocycles. The van der Waals surface area contributed by atoms with E-state index in [1.165, 1.54) is 11.1 Å². The Morgan fingerprint density at radius 2 is 1.86 bits per heavy atom. The van der Waals surface area contributed by atoms with Gasteiger partial charge in [-0.2, -0.15) is 5.10 Å². The van der Waals surface area contributed by atoms with E-state index in [1.807, 2.05) is 36.3 Å². The fraction of sp³-hybridized carbons (Fsp3) is 0.278. The molecule has 0 saturated carbocycles. The smallest absolute Gasteiger partial charge is 0.119 e. The monoisotopic (exact) mass is 280 g/mol. The van der Waals surface area contributed by atoms with Crippen LogP contribution in [-0.2, 0) is 6.42 Å². The third kappa shape index (κ3) is 2.92. The number of benzene rings is 2. The molecule has 21 heavy (non-hydrogen) atoms. The molecule has 3 nitrogen and oxygen atoms in total. The molecule has 0 amide bonds. The van der Waals surface area contributed by atoms with Gasteiger partial charge in [0.05, 0.1) is 18.5 Å². The summed E-state index contributed by atoms with van der Waals surface area (Å²) < 4.78 is 5.32. The van der Waals surface area contributed by atoms with Gasteiger partial charge in [-0.25, -0.2) is 0 Å². The molecule has 2 aromatic carbocycles. The Labute approximate surface area is 125 Å². The number of fused-ring (bicyclic) bond motifs is 1. The van der Waals surface area contributed by atoms with Crippen LogP contribution >= 0.6 is 0 Å². The summed E-state index contributed by atoms with van der Waals surface area (Å²) in [6, 6.07) is 16.5. The third-order valence-electron chi connectivity index (χ3n) is 3.88. The second-order valence-corrected chi connectivity index (χ2v) is 5.28. The summed E-state index contributed by atoms with van der Waals surface area (Å²) in [7, 11) is 3.71. The number of ether oxygens (including phenoxy) is 1. The topological polar surface area (TPSA) is 24.8 Å². The van der Waals surface area contributed by atoms with E-state index < -0.39 is 0 Å². The van der Waals surface area contributed by atoms with E-state index in [-0.39, 0.29) is 0 Å². The second-order valence-electron chi connectivity index (χ2n) is 5.28. The van der Waals surface area contributed by atoms with Gasteiger partial charge in [0.2, 0.25) is 0 Å². The summed E-state index contributed by atoms with van der Waals surface area (Å²) in [6.07, 6.45) is 3.26. The number of aryl methyl sites for hydroxylation is 1. The summed E-state index contributed by atoms with van der Waals surface area (Å²) >= 11 is 0. The number of anilines is 1. The average molecular weight is 280 g/mol. The minimum Gasteiger partial charge on any atom is -0.497 e. The average Bonchev–Trinajstić information content (AvgIpc) is 2.55. The van der Waals surface area contributed by atoms with Crippen molar-refractivity contribution in [1.29, 1.82) is 0 Å². The number of hydrazone groups is 1. The van der Waals surface area contributed by atoms with E-state index in [0.717, 1.165) is 36.4 Å². The Balaban J connectivity index is 1.92. The maximum Gasteiger partial charge on any atom is 0.119 e. The van der Waals surface area contributed by atoms with Crippen LogP contribution in [0.4, 0.5) is 5.69 Å². The molecule has 0 unspecified atom stereocenters. The summed E-state index contributed by atoms with van der Waals surface area (Å²) in [4.78, 5) is 0. The van der Waals surface area contributed by atoms with Gasteiger partial charge in [-0.1, -0.05) is 18.2 Å². The number of para-hydroxylation sites is 1. The van der Waals surface area contributed by atoms with Crippen LogP contribution in [0.3, 0.4) is 0 Å². The first kappa shape index (κ1) is 13.7. The van der Waals surface area contributed by atoms with Crippen molar-refractivity contribution >= 4 is 11.4 Å². The first-order valence-corrected chi connectivity index (χ1v) is 7.31. The quantitative estimate of drug-likeness (QED) is 0.797. The predicted octanol–water partition coefficient (Wildman–Crippen LogP) is 3.87. The first-order valence-electron chi connectivity index (χ1n) is 7.31. The van der Waals surface area contributed by atoms with Crippen LogP contribution < -0.4 is 9.75 Å². The number of nitrogens with zero attached hydrogens (tertiary/aromatic N) is 2. The van der Waals surface area contributed by atoms with E-state index in [2.05, 4.69) is 24.3 Å². The molecular weight excluding hydrogens is 260 g/mol. The summed E-state index contributed by atoms with van der Waals surface area (Å²) in [5, 5.41) is 6.77. The fourth-order valence-corrected chi connectivity index (χ4v) is 2.75. The molecule has 2 aromatic rings. The van der Waals surface area contributed by atoms with E-state index in [0.29, 0.717) is 0 Å². The molecule has 0 N–H and O–H groups in total. The Kier molecular flexibility index (Phi) is 3.91. The lowest BCUT2D eigenvalue weighted by Crippen LogP contribution is -2.18. The van der Waals surface area contributed by atoms with Gasteiger partial charge in [0, 0.05) is 12.6 Å². The zero-order valence-electron chi connectivity index (χ0n) is 12.5. The van der Waals surface area contributed by atoms with Crippen molar-refractivity contribution in [3.05, 3.63) is 59.7 Å². The normalized spacial score (nSPS) is 15.6. The molecule has 0 fully saturated rings. The Morgan fingerprint density at radius 1 is 1.05 bits per heavy atom. The standard InChI is InChI=1S/C18H20N2O/c1-20(15-8-4-3-5-9-15)19-18-10-6-7-14-13-16(21-2)11-12-17(14)18/h3-5,8-9,11-13H,6-7,10H2,1-2H3. The van der Waals surface area contributed by atoms with Gasteiger partial charge in [0.25, 0.3) is 0 Å². The van der Waals surface area contributed by atoms with Crippen LogP contribution in [0.15, 0.2) is 53.6 Å². The van der Waals surface area contributed by atoms with E-state index >= 15 is 0 Å². The highest BCUT2D eigenvalue weighted by molar-refractivity contribution is 6.03. The van der Waals surface area contributed by atoms with Crippen LogP contribution in [0.5, 0.6) is 5.75 Å². The molecule has 0 aromatic heterocycles. The van der Waals surface area contributed by atoms with Gasteiger partial charge >= 0.3 is 0 Å². The van der Waals surface area contributed by atoms with Crippen LogP contribution in [0, 0.1) is 0 Å². The minimum atomic E-state index is 0.923. The molecule has 0 atom stereocenters. The molecule has 3 heteroatoms. The highest BCUT2D eigenvalue weighted by atomic mass is 16.5. The summed E-state index contributed by atoms with van der Waals surface area (Å²) in [5.41, 5.74) is 4.85. The van der Waals surface area contributed by atoms with Crippen LogP contribution in [0.2, 0.25) is 0 Å². The lowest BCUT2D eigenvalue weighted by atomic mass is 9.90. The maximum atomic E-state index is 5.32. The highest BCUT2D eigenvalue weighted by Crippen LogP contribution is 2.26. The molecule has 108 valence electrons.